The molecule has 1 aromatic rings. The molecular formula is C22H34IN5. The van der Waals surface area contributed by atoms with E-state index in [1.54, 1.807) is 0 Å². The Morgan fingerprint density at radius 1 is 1.25 bits per heavy atom. The number of unbranched alkanes of at least 4 members (excludes halogenated alkanes) is 2. The maximum Gasteiger partial charge on any atom is 0.150 e. The predicted octanol–water partition coefficient (Wildman–Crippen LogP) is 5.17. The molecule has 2 N–H and O–H groups in total. The number of anilines is 1. The quantitative estimate of drug-likeness (QED) is 0.310. The summed E-state index contributed by atoms with van der Waals surface area (Å²) in [6.45, 7) is 13.6. The van der Waals surface area contributed by atoms with E-state index in [1.165, 1.54) is 27.7 Å². The maximum atomic E-state index is 4.42. The van der Waals surface area contributed by atoms with Gasteiger partial charge in [0.05, 0.1) is 0 Å². The lowest BCUT2D eigenvalue weighted by Gasteiger charge is -2.22. The number of benzene rings is 1. The van der Waals surface area contributed by atoms with Crippen molar-refractivity contribution in [2.24, 2.45) is 5.10 Å². The zero-order valence-corrected chi connectivity index (χ0v) is 19.6. The average Bonchev–Trinajstić information content (AvgIpc) is 3.04. The Hall–Kier alpha value is -1.54. The topological polar surface area (TPSA) is 42.9 Å². The van der Waals surface area contributed by atoms with Crippen LogP contribution in [0.15, 0.2) is 51.4 Å². The Labute approximate surface area is 184 Å². The van der Waals surface area contributed by atoms with E-state index in [0.29, 0.717) is 0 Å². The lowest BCUT2D eigenvalue weighted by molar-refractivity contribution is 0.375. The van der Waals surface area contributed by atoms with Crippen molar-refractivity contribution in [3.63, 3.8) is 0 Å². The number of hydrazone groups is 1. The van der Waals surface area contributed by atoms with Crippen molar-refractivity contribution < 1.29 is 0 Å². The normalized spacial score (nSPS) is 14.3. The van der Waals surface area contributed by atoms with Crippen LogP contribution in [0.3, 0.4) is 0 Å². The predicted molar refractivity (Wildman–Crippen MR) is 130 cm³/mol. The molecule has 1 aliphatic rings. The molecule has 1 aromatic carbocycles. The molecule has 0 fully saturated rings. The second-order valence-electron chi connectivity index (χ2n) is 6.89. The summed E-state index contributed by atoms with van der Waals surface area (Å²) in [6.07, 6.45) is 7.68. The Morgan fingerprint density at radius 2 is 1.96 bits per heavy atom. The van der Waals surface area contributed by atoms with E-state index in [2.05, 4.69) is 101 Å². The fourth-order valence-corrected chi connectivity index (χ4v) is 3.80. The number of nitrogens with one attached hydrogen (secondary N) is 2. The largest absolute Gasteiger partial charge is 0.372 e. The fourth-order valence-electron chi connectivity index (χ4n) is 3.15. The summed E-state index contributed by atoms with van der Waals surface area (Å²) in [5.74, 6) is 1.75. The minimum absolute atomic E-state index is 0.782. The number of amidine groups is 1. The Balaban J connectivity index is 1.84. The van der Waals surface area contributed by atoms with E-state index in [1.807, 2.05) is 5.01 Å². The number of halogens is 1. The number of rotatable bonds is 12. The van der Waals surface area contributed by atoms with Gasteiger partial charge in [-0.25, -0.2) is 10.4 Å². The molecule has 0 bridgehead atoms. The van der Waals surface area contributed by atoms with E-state index in [9.17, 15) is 0 Å². The van der Waals surface area contributed by atoms with Crippen molar-refractivity contribution >= 4 is 34.1 Å². The maximum absolute atomic E-state index is 4.42. The van der Waals surface area contributed by atoms with Crippen molar-refractivity contribution in [3.8, 4) is 0 Å². The molecule has 2 rings (SSSR count). The van der Waals surface area contributed by atoms with Crippen LogP contribution < -0.4 is 15.8 Å². The highest BCUT2D eigenvalue weighted by Crippen LogP contribution is 2.19. The van der Waals surface area contributed by atoms with E-state index < -0.39 is 0 Å². The number of nitrogens with zero attached hydrogens (tertiary/aromatic N) is 3. The monoisotopic (exact) mass is 495 g/mol. The summed E-state index contributed by atoms with van der Waals surface area (Å²) in [5.41, 5.74) is 9.07. The van der Waals surface area contributed by atoms with Gasteiger partial charge in [0, 0.05) is 31.7 Å². The fraction of sp³-hybridized carbons (Fsp3) is 0.500. The van der Waals surface area contributed by atoms with Crippen molar-refractivity contribution in [1.29, 1.82) is 0 Å². The van der Waals surface area contributed by atoms with Crippen molar-refractivity contribution in [3.05, 3.63) is 51.9 Å². The Kier molecular flexibility index (Phi) is 9.84. The van der Waals surface area contributed by atoms with Gasteiger partial charge in [-0.05, 0) is 70.6 Å². The van der Waals surface area contributed by atoms with Gasteiger partial charge < -0.3 is 4.90 Å². The third kappa shape index (κ3) is 6.81. The molecule has 1 heterocycles. The third-order valence-electron chi connectivity index (χ3n) is 4.84. The first-order chi connectivity index (χ1) is 13.6. The van der Waals surface area contributed by atoms with Crippen molar-refractivity contribution in [2.45, 2.75) is 52.9 Å². The van der Waals surface area contributed by atoms with Crippen LogP contribution in [-0.2, 0) is 6.42 Å². The molecule has 0 aromatic heterocycles. The van der Waals surface area contributed by atoms with Crippen molar-refractivity contribution in [2.75, 3.05) is 24.5 Å². The summed E-state index contributed by atoms with van der Waals surface area (Å²) in [6, 6.07) is 8.88. The summed E-state index contributed by atoms with van der Waals surface area (Å²) in [7, 11) is 0. The summed E-state index contributed by atoms with van der Waals surface area (Å²) in [5, 5.41) is 6.40. The second-order valence-corrected chi connectivity index (χ2v) is 8.27. The van der Waals surface area contributed by atoms with Gasteiger partial charge in [-0.2, -0.15) is 5.10 Å². The summed E-state index contributed by atoms with van der Waals surface area (Å²) in [4.78, 5) is 2.36. The lowest BCUT2D eigenvalue weighted by atomic mass is 10.1. The van der Waals surface area contributed by atoms with Crippen LogP contribution in [0.2, 0.25) is 0 Å². The molecule has 0 radical (unpaired) electrons. The van der Waals surface area contributed by atoms with E-state index >= 15 is 0 Å². The van der Waals surface area contributed by atoms with Gasteiger partial charge >= 0.3 is 0 Å². The van der Waals surface area contributed by atoms with Gasteiger partial charge in [-0.3, -0.25) is 5.43 Å². The van der Waals surface area contributed by atoms with Gasteiger partial charge in [-0.1, -0.05) is 44.6 Å². The summed E-state index contributed by atoms with van der Waals surface area (Å²) >= 11 is 2.41. The molecule has 0 atom stereocenters. The van der Waals surface area contributed by atoms with E-state index in [0.717, 1.165) is 50.6 Å². The van der Waals surface area contributed by atoms with Crippen LogP contribution in [0.5, 0.6) is 0 Å². The van der Waals surface area contributed by atoms with Crippen LogP contribution in [0.4, 0.5) is 5.69 Å². The Morgan fingerprint density at radius 3 is 2.61 bits per heavy atom. The smallest absolute Gasteiger partial charge is 0.150 e. The zero-order chi connectivity index (χ0) is 20.4. The highest BCUT2D eigenvalue weighted by molar-refractivity contribution is 14.1. The van der Waals surface area contributed by atoms with E-state index in [-0.39, 0.29) is 0 Å². The highest BCUT2D eigenvalue weighted by atomic mass is 127. The molecular weight excluding hydrogens is 461 g/mol. The molecule has 0 amide bonds. The van der Waals surface area contributed by atoms with Crippen LogP contribution in [-0.4, -0.2) is 30.5 Å². The number of hydrogen-bond donors (Lipinski definition) is 2. The first kappa shape index (κ1) is 22.7. The molecule has 28 heavy (non-hydrogen) atoms. The van der Waals surface area contributed by atoms with Crippen molar-refractivity contribution in [1.82, 2.24) is 15.9 Å². The molecule has 0 aliphatic carbocycles. The van der Waals surface area contributed by atoms with Gasteiger partial charge in [0.25, 0.3) is 0 Å². The molecule has 0 saturated carbocycles. The van der Waals surface area contributed by atoms with Gasteiger partial charge in [0.2, 0.25) is 0 Å². The molecule has 1 aliphatic heterocycles. The Bertz CT molecular complexity index is 677. The van der Waals surface area contributed by atoms with Gasteiger partial charge in [-0.15, -0.1) is 0 Å². The SMILES string of the molecule is C=C1NN=C(C/C(I)=C\CCCC)N1NCCc1ccc(N(CC)CC)cc1. The summed E-state index contributed by atoms with van der Waals surface area (Å²) < 4.78 is 1.32. The first-order valence-corrected chi connectivity index (χ1v) is 11.4. The average molecular weight is 495 g/mol. The molecule has 0 spiro atoms. The van der Waals surface area contributed by atoms with Gasteiger partial charge in [0.15, 0.2) is 0 Å². The molecule has 154 valence electrons. The van der Waals surface area contributed by atoms with Gasteiger partial charge in [0.1, 0.15) is 11.7 Å². The lowest BCUT2D eigenvalue weighted by Crippen LogP contribution is -2.41. The zero-order valence-electron chi connectivity index (χ0n) is 17.5. The molecule has 0 saturated heterocycles. The standard InChI is InChI=1S/C22H34IN5/c1-5-8-9-10-20(23)17-22-26-25-18(4)28(22)24-16-15-19-11-13-21(14-12-19)27(6-2)7-3/h10-14,24-25H,4-9,15-17H2,1-3H3/b20-10+. The van der Waals surface area contributed by atoms with Crippen LogP contribution in [0.25, 0.3) is 0 Å². The molecule has 0 unspecified atom stereocenters. The second kappa shape index (κ2) is 12.1. The first-order valence-electron chi connectivity index (χ1n) is 10.3. The number of allylic oxidation sites excluding steroid dienone is 1. The van der Waals surface area contributed by atoms with Crippen LogP contribution >= 0.6 is 22.6 Å². The minimum atomic E-state index is 0.782. The highest BCUT2D eigenvalue weighted by Gasteiger charge is 2.21. The molecule has 5 nitrogen and oxygen atoms in total. The van der Waals surface area contributed by atoms with Crippen LogP contribution in [0.1, 0.15) is 52.0 Å². The van der Waals surface area contributed by atoms with E-state index in [4.69, 9.17) is 0 Å². The minimum Gasteiger partial charge on any atom is -0.372 e. The third-order valence-corrected chi connectivity index (χ3v) is 5.66. The number of hydrogen-bond acceptors (Lipinski definition) is 5. The molecule has 6 heteroatoms. The van der Waals surface area contributed by atoms with Crippen LogP contribution in [0, 0.1) is 0 Å². The number of hydrazine groups is 1.